The number of nitrogens with zero attached hydrogens (tertiary/aromatic N) is 1. The van der Waals surface area contributed by atoms with Crippen molar-refractivity contribution in [1.82, 2.24) is 9.88 Å². The van der Waals surface area contributed by atoms with Crippen molar-refractivity contribution in [3.63, 3.8) is 0 Å². The highest BCUT2D eigenvalue weighted by Crippen LogP contribution is 2.31. The third-order valence-corrected chi connectivity index (χ3v) is 2.89. The van der Waals surface area contributed by atoms with Gasteiger partial charge < -0.3 is 9.88 Å². The van der Waals surface area contributed by atoms with E-state index in [2.05, 4.69) is 5.32 Å². The van der Waals surface area contributed by atoms with E-state index in [0.717, 1.165) is 0 Å². The van der Waals surface area contributed by atoms with Gasteiger partial charge in [-0.1, -0.05) is 6.07 Å². The molecule has 74 valence electrons. The molecule has 0 unspecified atom stereocenters. The quantitative estimate of drug-likeness (QED) is 0.654. The number of nitrogens with one attached hydrogen (secondary N) is 1. The van der Waals surface area contributed by atoms with Gasteiger partial charge in [-0.25, -0.2) is 0 Å². The van der Waals surface area contributed by atoms with Crippen LogP contribution in [0.25, 0.3) is 0 Å². The fraction of sp³-hybridized carbons (Fsp3) is 0.545. The van der Waals surface area contributed by atoms with E-state index >= 15 is 0 Å². The van der Waals surface area contributed by atoms with Gasteiger partial charge in [-0.05, 0) is 24.9 Å². The summed E-state index contributed by atoms with van der Waals surface area (Å²) in [7, 11) is 0. The molecule has 3 rings (SSSR count). The van der Waals surface area contributed by atoms with Crippen molar-refractivity contribution in [2.45, 2.75) is 18.9 Å². The largest absolute Gasteiger partial charge is 0.316 e. The molecule has 2 bridgehead atoms. The van der Waals surface area contributed by atoms with Gasteiger partial charge in [0.1, 0.15) is 0 Å². The Morgan fingerprint density at radius 2 is 2.43 bits per heavy atom. The minimum Gasteiger partial charge on any atom is -0.316 e. The number of fused-ring (bicyclic) bond motifs is 4. The van der Waals surface area contributed by atoms with E-state index in [1.807, 2.05) is 0 Å². The minimum absolute atomic E-state index is 0.185. The first-order valence-electron chi connectivity index (χ1n) is 6.80. The molecule has 0 saturated carbocycles. The average molecular weight is 194 g/mol. The predicted octanol–water partition coefficient (Wildman–Crippen LogP) is 0.555. The summed E-state index contributed by atoms with van der Waals surface area (Å²) in [4.78, 5) is 11.8. The molecular weight excluding hydrogens is 176 g/mol. The van der Waals surface area contributed by atoms with Crippen molar-refractivity contribution < 1.29 is 5.48 Å². The summed E-state index contributed by atoms with van der Waals surface area (Å²) >= 11 is 0. The zero-order valence-electron chi connectivity index (χ0n) is 11.7. The highest BCUT2D eigenvalue weighted by Gasteiger charge is 2.30. The van der Waals surface area contributed by atoms with Gasteiger partial charge in [0.15, 0.2) is 0 Å². The van der Waals surface area contributed by atoms with E-state index in [4.69, 9.17) is 5.48 Å². The van der Waals surface area contributed by atoms with Crippen LogP contribution in [-0.4, -0.2) is 17.6 Å². The Bertz CT molecular complexity index is 554. The fourth-order valence-electron chi connectivity index (χ4n) is 2.20. The third kappa shape index (κ3) is 1.12. The van der Waals surface area contributed by atoms with Crippen molar-refractivity contribution in [2.24, 2.45) is 5.92 Å². The van der Waals surface area contributed by atoms with E-state index in [9.17, 15) is 4.79 Å². The molecule has 1 aromatic rings. The van der Waals surface area contributed by atoms with Gasteiger partial charge in [0, 0.05) is 36.2 Å². The standard InChI is InChI=1S/C11H14N2O/c14-11-3-1-2-10-9-4-8(5-12-6-9)7-13(10)11/h1-3,8-9,12H,4-7H2/t8-,9+/m0/s1/i5D2,6D2. The van der Waals surface area contributed by atoms with Crippen LogP contribution >= 0.6 is 0 Å². The van der Waals surface area contributed by atoms with Gasteiger partial charge in [0.25, 0.3) is 5.56 Å². The second-order valence-electron chi connectivity index (χ2n) is 3.80. The van der Waals surface area contributed by atoms with Crippen LogP contribution < -0.4 is 10.9 Å². The van der Waals surface area contributed by atoms with Crippen molar-refractivity contribution in [3.05, 3.63) is 34.2 Å². The Hall–Kier alpha value is -1.09. The zero-order valence-corrected chi connectivity index (χ0v) is 7.66. The van der Waals surface area contributed by atoms with Gasteiger partial charge in [-0.3, -0.25) is 4.79 Å². The second-order valence-corrected chi connectivity index (χ2v) is 3.80. The molecule has 1 saturated heterocycles. The molecule has 3 heteroatoms. The third-order valence-electron chi connectivity index (χ3n) is 2.89. The second kappa shape index (κ2) is 2.95. The van der Waals surface area contributed by atoms with Crippen molar-refractivity contribution >= 4 is 0 Å². The van der Waals surface area contributed by atoms with Crippen molar-refractivity contribution in [1.29, 1.82) is 0 Å². The maximum atomic E-state index is 11.8. The lowest BCUT2D eigenvalue weighted by molar-refractivity contribution is 0.257. The van der Waals surface area contributed by atoms with E-state index in [0.29, 0.717) is 18.7 Å². The molecule has 14 heavy (non-hydrogen) atoms. The van der Waals surface area contributed by atoms with E-state index in [1.54, 1.807) is 12.1 Å². The van der Waals surface area contributed by atoms with Crippen molar-refractivity contribution in [2.75, 3.05) is 13.0 Å². The first kappa shape index (κ1) is 5.12. The molecule has 3 heterocycles. The maximum absolute atomic E-state index is 11.8. The number of aromatic nitrogens is 1. The smallest absolute Gasteiger partial charge is 0.250 e. The lowest BCUT2D eigenvalue weighted by atomic mass is 9.84. The van der Waals surface area contributed by atoms with Crippen LogP contribution in [0.2, 0.25) is 0 Å². The van der Waals surface area contributed by atoms with Crippen LogP contribution in [0.3, 0.4) is 0 Å². The highest BCUT2D eigenvalue weighted by molar-refractivity contribution is 5.16. The molecule has 1 fully saturated rings. The van der Waals surface area contributed by atoms with E-state index < -0.39 is 18.9 Å². The van der Waals surface area contributed by atoms with E-state index in [-0.39, 0.29) is 11.5 Å². The lowest BCUT2D eigenvalue weighted by Crippen LogP contribution is -2.44. The van der Waals surface area contributed by atoms with Crippen LogP contribution in [-0.2, 0) is 6.54 Å². The molecule has 1 aromatic heterocycles. The molecule has 0 radical (unpaired) electrons. The summed E-state index contributed by atoms with van der Waals surface area (Å²) in [5.41, 5.74) is 0.474. The fourth-order valence-corrected chi connectivity index (χ4v) is 2.20. The molecule has 2 aliphatic rings. The molecule has 0 spiro atoms. The molecule has 1 N–H and O–H groups in total. The maximum Gasteiger partial charge on any atom is 0.250 e. The number of pyridine rings is 1. The predicted molar refractivity (Wildman–Crippen MR) is 54.4 cm³/mol. The van der Waals surface area contributed by atoms with Gasteiger partial charge in [-0.2, -0.15) is 0 Å². The molecule has 2 aliphatic heterocycles. The molecule has 0 aliphatic carbocycles. The number of hydrogen-bond acceptors (Lipinski definition) is 2. The summed E-state index contributed by atoms with van der Waals surface area (Å²) in [6.45, 7) is -3.31. The van der Waals surface area contributed by atoms with Gasteiger partial charge in [-0.15, -0.1) is 0 Å². The normalized spacial score (nSPS) is 41.1. The van der Waals surface area contributed by atoms with Crippen LogP contribution in [0.5, 0.6) is 0 Å². The summed E-state index contributed by atoms with van der Waals surface area (Å²) in [6, 6.07) is 4.82. The topological polar surface area (TPSA) is 34.0 Å². The number of piperidine rings is 1. The summed E-state index contributed by atoms with van der Waals surface area (Å²) in [5, 5.41) is 2.45. The number of rotatable bonds is 0. The summed E-state index contributed by atoms with van der Waals surface area (Å²) in [5.74, 6) is -0.854. The zero-order chi connectivity index (χ0) is 13.1. The highest BCUT2D eigenvalue weighted by atomic mass is 16.1. The van der Waals surface area contributed by atoms with Gasteiger partial charge in [0.05, 0.1) is 0 Å². The van der Waals surface area contributed by atoms with Gasteiger partial charge in [0.2, 0.25) is 0 Å². The molecule has 2 atom stereocenters. The van der Waals surface area contributed by atoms with Crippen LogP contribution in [0, 0.1) is 5.92 Å². The Kier molecular flexibility index (Phi) is 1.08. The van der Waals surface area contributed by atoms with Crippen LogP contribution in [0.4, 0.5) is 0 Å². The first-order valence-corrected chi connectivity index (χ1v) is 4.80. The average Bonchev–Trinajstić information content (AvgIpc) is 2.25. The Labute approximate surface area is 88.4 Å². The minimum atomic E-state index is -1.84. The monoisotopic (exact) mass is 194 g/mol. The summed E-state index contributed by atoms with van der Waals surface area (Å²) < 4.78 is 33.2. The molecule has 0 aromatic carbocycles. The Morgan fingerprint density at radius 1 is 1.50 bits per heavy atom. The summed E-state index contributed by atoms with van der Waals surface area (Å²) in [6.07, 6.45) is 0.427. The van der Waals surface area contributed by atoms with Crippen LogP contribution in [0.1, 0.15) is 23.5 Å². The molecular formula is C11H14N2O. The number of hydrogen-bond donors (Lipinski definition) is 1. The van der Waals surface area contributed by atoms with E-state index in [1.165, 1.54) is 10.6 Å². The molecule has 3 nitrogen and oxygen atoms in total. The Morgan fingerprint density at radius 3 is 3.36 bits per heavy atom. The lowest BCUT2D eigenvalue weighted by Gasteiger charge is -2.37. The Balaban J connectivity index is 2.19. The van der Waals surface area contributed by atoms with Crippen LogP contribution in [0.15, 0.2) is 23.0 Å². The first-order chi connectivity index (χ1) is 8.31. The molecule has 0 amide bonds. The van der Waals surface area contributed by atoms with Gasteiger partial charge >= 0.3 is 0 Å². The van der Waals surface area contributed by atoms with Crippen molar-refractivity contribution in [3.8, 4) is 0 Å². The SMILES string of the molecule is [2H]C1([2H])NC([2H])([2H])[C@H]2C[C@@H]1Cn1c2cccc1=O.